The highest BCUT2D eigenvalue weighted by Gasteiger charge is 1.99. The van der Waals surface area contributed by atoms with Crippen molar-refractivity contribution in [1.29, 1.82) is 0 Å². The number of hydrogen-bond donors (Lipinski definition) is 1. The molecule has 0 amide bonds. The average Bonchev–Trinajstić information content (AvgIpc) is 2.32. The van der Waals surface area contributed by atoms with Crippen molar-refractivity contribution < 1.29 is 0 Å². The van der Waals surface area contributed by atoms with Gasteiger partial charge >= 0.3 is 0 Å². The number of nitrogens with zero attached hydrogens (tertiary/aromatic N) is 1. The molecule has 16 heavy (non-hydrogen) atoms. The predicted molar refractivity (Wildman–Crippen MR) is 68.0 cm³/mol. The van der Waals surface area contributed by atoms with Crippen molar-refractivity contribution in [3.63, 3.8) is 0 Å². The lowest BCUT2D eigenvalue weighted by Gasteiger charge is -2.07. The van der Waals surface area contributed by atoms with E-state index in [-0.39, 0.29) is 0 Å². The number of benzene rings is 1. The van der Waals surface area contributed by atoms with E-state index in [1.807, 2.05) is 24.3 Å². The zero-order valence-corrected chi connectivity index (χ0v) is 9.96. The van der Waals surface area contributed by atoms with Crippen molar-refractivity contribution >= 4 is 28.9 Å². The zero-order valence-electron chi connectivity index (χ0n) is 8.45. The minimum Gasteiger partial charge on any atom is -0.381 e. The summed E-state index contributed by atoms with van der Waals surface area (Å²) in [5, 5.41) is 4.38. The van der Waals surface area contributed by atoms with E-state index in [0.717, 1.165) is 12.2 Å². The van der Waals surface area contributed by atoms with Gasteiger partial charge in [0.05, 0.1) is 10.0 Å². The van der Waals surface area contributed by atoms with Crippen LogP contribution in [0.4, 0.5) is 5.69 Å². The van der Waals surface area contributed by atoms with Crippen LogP contribution < -0.4 is 5.32 Å². The number of rotatable bonds is 3. The van der Waals surface area contributed by atoms with E-state index in [4.69, 9.17) is 23.2 Å². The van der Waals surface area contributed by atoms with E-state index in [1.54, 1.807) is 18.5 Å². The highest BCUT2D eigenvalue weighted by Crippen LogP contribution is 2.25. The first-order valence-electron chi connectivity index (χ1n) is 4.83. The maximum Gasteiger partial charge on any atom is 0.0612 e. The number of halogens is 2. The Balaban J connectivity index is 2.03. The Bertz CT molecular complexity index is 472. The molecule has 4 heteroatoms. The molecule has 2 nitrogen and oxygen atoms in total. The maximum absolute atomic E-state index is 5.91. The first kappa shape index (κ1) is 11.2. The standard InChI is InChI=1S/C12H10Cl2N2/c13-11-2-1-10(7-12(11)14)16-8-9-3-5-15-6-4-9/h1-7,16H,8H2. The molecule has 0 aliphatic carbocycles. The summed E-state index contributed by atoms with van der Waals surface area (Å²) in [5.41, 5.74) is 2.12. The molecule has 82 valence electrons. The van der Waals surface area contributed by atoms with Gasteiger partial charge in [0.15, 0.2) is 0 Å². The molecule has 0 fully saturated rings. The van der Waals surface area contributed by atoms with Crippen LogP contribution in [0.2, 0.25) is 10.0 Å². The lowest BCUT2D eigenvalue weighted by Crippen LogP contribution is -1.99. The third-order valence-corrected chi connectivity index (χ3v) is 2.90. The average molecular weight is 253 g/mol. The van der Waals surface area contributed by atoms with Crippen molar-refractivity contribution in [2.45, 2.75) is 6.54 Å². The molecule has 1 heterocycles. The van der Waals surface area contributed by atoms with Crippen LogP contribution in [-0.4, -0.2) is 4.98 Å². The Hall–Kier alpha value is -1.25. The van der Waals surface area contributed by atoms with Crippen LogP contribution in [0.25, 0.3) is 0 Å². The second-order valence-electron chi connectivity index (χ2n) is 3.34. The van der Waals surface area contributed by atoms with E-state index in [1.165, 1.54) is 5.56 Å². The molecule has 1 aromatic heterocycles. The number of anilines is 1. The Kier molecular flexibility index (Phi) is 3.65. The molecule has 0 saturated heterocycles. The predicted octanol–water partition coefficient (Wildman–Crippen LogP) is 4.00. The van der Waals surface area contributed by atoms with Gasteiger partial charge in [0.1, 0.15) is 0 Å². The molecular weight excluding hydrogens is 243 g/mol. The van der Waals surface area contributed by atoms with Crippen molar-refractivity contribution in [2.75, 3.05) is 5.32 Å². The van der Waals surface area contributed by atoms with E-state index < -0.39 is 0 Å². The molecule has 0 aliphatic rings. The molecule has 1 N–H and O–H groups in total. The van der Waals surface area contributed by atoms with Crippen molar-refractivity contribution in [2.24, 2.45) is 0 Å². The second-order valence-corrected chi connectivity index (χ2v) is 4.15. The molecule has 2 rings (SSSR count). The smallest absolute Gasteiger partial charge is 0.0612 e. The lowest BCUT2D eigenvalue weighted by atomic mass is 10.2. The Morgan fingerprint density at radius 1 is 1.00 bits per heavy atom. The molecular formula is C12H10Cl2N2. The fourth-order valence-corrected chi connectivity index (χ4v) is 1.61. The fraction of sp³-hybridized carbons (Fsp3) is 0.0833. The van der Waals surface area contributed by atoms with Gasteiger partial charge < -0.3 is 5.32 Å². The molecule has 0 aliphatic heterocycles. The van der Waals surface area contributed by atoms with Crippen molar-refractivity contribution in [3.8, 4) is 0 Å². The highest BCUT2D eigenvalue weighted by atomic mass is 35.5. The first-order chi connectivity index (χ1) is 7.75. The third-order valence-electron chi connectivity index (χ3n) is 2.17. The van der Waals surface area contributed by atoms with Crippen LogP contribution in [-0.2, 0) is 6.54 Å². The molecule has 0 saturated carbocycles. The van der Waals surface area contributed by atoms with Crippen molar-refractivity contribution in [1.82, 2.24) is 4.98 Å². The summed E-state index contributed by atoms with van der Waals surface area (Å²) in [5.74, 6) is 0. The van der Waals surface area contributed by atoms with Gasteiger partial charge in [0, 0.05) is 24.6 Å². The summed E-state index contributed by atoms with van der Waals surface area (Å²) in [6.45, 7) is 0.737. The Morgan fingerprint density at radius 3 is 2.44 bits per heavy atom. The van der Waals surface area contributed by atoms with Gasteiger partial charge in [-0.2, -0.15) is 0 Å². The first-order valence-corrected chi connectivity index (χ1v) is 5.59. The quantitative estimate of drug-likeness (QED) is 0.894. The maximum atomic E-state index is 5.91. The van der Waals surface area contributed by atoms with E-state index >= 15 is 0 Å². The summed E-state index contributed by atoms with van der Waals surface area (Å²) in [4.78, 5) is 3.96. The zero-order chi connectivity index (χ0) is 11.4. The molecule has 0 unspecified atom stereocenters. The van der Waals surface area contributed by atoms with Crippen LogP contribution in [0.5, 0.6) is 0 Å². The van der Waals surface area contributed by atoms with Gasteiger partial charge in [0.2, 0.25) is 0 Å². The largest absolute Gasteiger partial charge is 0.381 e. The summed E-state index contributed by atoms with van der Waals surface area (Å²) >= 11 is 11.7. The second kappa shape index (κ2) is 5.19. The van der Waals surface area contributed by atoms with Crippen LogP contribution in [0.3, 0.4) is 0 Å². The van der Waals surface area contributed by atoms with E-state index in [2.05, 4.69) is 10.3 Å². The normalized spacial score (nSPS) is 10.1. The minimum atomic E-state index is 0.557. The SMILES string of the molecule is Clc1ccc(NCc2ccncc2)cc1Cl. The van der Waals surface area contributed by atoms with Crippen LogP contribution in [0.15, 0.2) is 42.7 Å². The summed E-state index contributed by atoms with van der Waals surface area (Å²) in [7, 11) is 0. The molecule has 0 spiro atoms. The molecule has 0 bridgehead atoms. The fourth-order valence-electron chi connectivity index (χ4n) is 1.31. The van der Waals surface area contributed by atoms with Gasteiger partial charge in [-0.05, 0) is 35.9 Å². The van der Waals surface area contributed by atoms with Crippen molar-refractivity contribution in [3.05, 3.63) is 58.3 Å². The van der Waals surface area contributed by atoms with Crippen LogP contribution in [0.1, 0.15) is 5.56 Å². The Labute approximate surface area is 104 Å². The summed E-state index contributed by atoms with van der Waals surface area (Å²) in [6.07, 6.45) is 3.54. The topological polar surface area (TPSA) is 24.9 Å². The van der Waals surface area contributed by atoms with Gasteiger partial charge in [0.25, 0.3) is 0 Å². The third kappa shape index (κ3) is 2.87. The highest BCUT2D eigenvalue weighted by molar-refractivity contribution is 6.42. The van der Waals surface area contributed by atoms with Gasteiger partial charge in [-0.1, -0.05) is 23.2 Å². The van der Waals surface area contributed by atoms with Crippen LogP contribution >= 0.6 is 23.2 Å². The molecule has 0 radical (unpaired) electrons. The van der Waals surface area contributed by atoms with Gasteiger partial charge in [-0.3, -0.25) is 4.98 Å². The summed E-state index contributed by atoms with van der Waals surface area (Å²) in [6, 6.07) is 9.41. The molecule has 2 aromatic rings. The number of aromatic nitrogens is 1. The molecule has 1 aromatic carbocycles. The van der Waals surface area contributed by atoms with E-state index in [9.17, 15) is 0 Å². The monoisotopic (exact) mass is 252 g/mol. The van der Waals surface area contributed by atoms with E-state index in [0.29, 0.717) is 10.0 Å². The van der Waals surface area contributed by atoms with Crippen LogP contribution in [0, 0.1) is 0 Å². The number of nitrogens with one attached hydrogen (secondary N) is 1. The number of pyridine rings is 1. The minimum absolute atomic E-state index is 0.557. The molecule has 0 atom stereocenters. The van der Waals surface area contributed by atoms with Gasteiger partial charge in [-0.25, -0.2) is 0 Å². The summed E-state index contributed by atoms with van der Waals surface area (Å²) < 4.78 is 0. The Morgan fingerprint density at radius 2 is 1.75 bits per heavy atom. The van der Waals surface area contributed by atoms with Gasteiger partial charge in [-0.15, -0.1) is 0 Å². The number of hydrogen-bond acceptors (Lipinski definition) is 2. The lowest BCUT2D eigenvalue weighted by molar-refractivity contribution is 1.13.